The van der Waals surface area contributed by atoms with Crippen LogP contribution < -0.4 is 0 Å². The van der Waals surface area contributed by atoms with Crippen molar-refractivity contribution < 1.29 is 37.2 Å². The molecule has 0 aliphatic heterocycles. The molecule has 0 aliphatic rings. The lowest BCUT2D eigenvalue weighted by atomic mass is 10.0. The van der Waals surface area contributed by atoms with E-state index in [9.17, 15) is 38.0 Å². The highest BCUT2D eigenvalue weighted by atomic mass is 19.4. The Morgan fingerprint density at radius 3 is 2.18 bits per heavy atom. The Kier molecular flexibility index (Phi) is 7.80. The molecule has 0 aliphatic carbocycles. The minimum Gasteiger partial charge on any atom is -0.480 e. The zero-order valence-electron chi connectivity index (χ0n) is 20.2. The summed E-state index contributed by atoms with van der Waals surface area (Å²) < 4.78 is 46.2. The van der Waals surface area contributed by atoms with Crippen LogP contribution in [-0.2, 0) is 23.9 Å². The van der Waals surface area contributed by atoms with E-state index in [-0.39, 0.29) is 41.3 Å². The van der Waals surface area contributed by atoms with Gasteiger partial charge in [-0.3, -0.25) is 14.9 Å². The molecule has 1 unspecified atom stereocenters. The molecule has 0 bridgehead atoms. The number of carboxylic acids is 1. The minimum atomic E-state index is -4.63. The van der Waals surface area contributed by atoms with E-state index < -0.39 is 34.6 Å². The summed E-state index contributed by atoms with van der Waals surface area (Å²) in [4.78, 5) is 37.3. The van der Waals surface area contributed by atoms with Gasteiger partial charge in [-0.2, -0.15) is 13.2 Å². The average molecular weight is 538 g/mol. The fourth-order valence-electron chi connectivity index (χ4n) is 4.10. The quantitative estimate of drug-likeness (QED) is 0.200. The van der Waals surface area contributed by atoms with Crippen molar-refractivity contribution in [1.29, 1.82) is 0 Å². The molecule has 0 spiro atoms. The van der Waals surface area contributed by atoms with Crippen molar-refractivity contribution in [2.45, 2.75) is 25.2 Å². The summed E-state index contributed by atoms with van der Waals surface area (Å²) in [5.41, 5.74) is -0.739. The number of rotatable bonds is 9. The highest BCUT2D eigenvalue weighted by Gasteiger charge is 2.35. The number of carbonyl (C=O) groups is 2. The van der Waals surface area contributed by atoms with Crippen LogP contribution in [0.4, 0.5) is 18.9 Å². The van der Waals surface area contributed by atoms with Gasteiger partial charge in [0.25, 0.3) is 11.6 Å². The number of benzene rings is 3. The third kappa shape index (κ3) is 6.32. The summed E-state index contributed by atoms with van der Waals surface area (Å²) in [5, 5.41) is 21.1. The first-order valence-corrected chi connectivity index (χ1v) is 11.6. The molecule has 39 heavy (non-hydrogen) atoms. The van der Waals surface area contributed by atoms with E-state index >= 15 is 0 Å². The summed E-state index contributed by atoms with van der Waals surface area (Å²) in [6, 6.07) is 19.4. The number of hydrogen-bond donors (Lipinski definition) is 1. The Labute approximate surface area is 220 Å². The summed E-state index contributed by atoms with van der Waals surface area (Å²) in [6.45, 7) is -0.381. The Hall–Kier alpha value is -4.93. The van der Waals surface area contributed by atoms with Crippen molar-refractivity contribution in [2.24, 2.45) is 0 Å². The van der Waals surface area contributed by atoms with Gasteiger partial charge in [0.2, 0.25) is 0 Å². The zero-order chi connectivity index (χ0) is 28.2. The highest BCUT2D eigenvalue weighted by Crippen LogP contribution is 2.37. The molecule has 1 amide bonds. The SMILES string of the molecule is O=C(O)C(Cc1ccccc1)N(Cc1ccc(-c2ccccc2C(F)(F)F)o1)C(=O)c1ccc([N+](=O)[O-])cc1. The van der Waals surface area contributed by atoms with Gasteiger partial charge in [0.05, 0.1) is 17.0 Å². The Balaban J connectivity index is 1.71. The Morgan fingerprint density at radius 1 is 0.923 bits per heavy atom. The van der Waals surface area contributed by atoms with Gasteiger partial charge >= 0.3 is 12.1 Å². The third-order valence-electron chi connectivity index (χ3n) is 6.00. The lowest BCUT2D eigenvalue weighted by molar-refractivity contribution is -0.384. The number of nitro benzene ring substituents is 1. The number of non-ortho nitro benzene ring substituents is 1. The van der Waals surface area contributed by atoms with Gasteiger partial charge in [-0.25, -0.2) is 4.79 Å². The molecule has 1 aromatic heterocycles. The largest absolute Gasteiger partial charge is 0.480 e. The van der Waals surface area contributed by atoms with Crippen LogP contribution in [0, 0.1) is 10.1 Å². The van der Waals surface area contributed by atoms with Crippen LogP contribution in [0.15, 0.2) is 95.4 Å². The van der Waals surface area contributed by atoms with Crippen molar-refractivity contribution in [3.8, 4) is 11.3 Å². The molecular formula is C28H21F3N2O6. The molecule has 3 aromatic carbocycles. The van der Waals surface area contributed by atoms with E-state index in [1.54, 1.807) is 30.3 Å². The second kappa shape index (κ2) is 11.2. The van der Waals surface area contributed by atoms with Gasteiger partial charge in [-0.1, -0.05) is 48.5 Å². The molecule has 1 heterocycles. The first-order chi connectivity index (χ1) is 18.5. The molecule has 4 rings (SSSR count). The lowest BCUT2D eigenvalue weighted by Gasteiger charge is -2.28. The lowest BCUT2D eigenvalue weighted by Crippen LogP contribution is -2.46. The maximum absolute atomic E-state index is 13.5. The zero-order valence-corrected chi connectivity index (χ0v) is 20.2. The van der Waals surface area contributed by atoms with Gasteiger partial charge < -0.3 is 14.4 Å². The first kappa shape index (κ1) is 27.1. The number of amides is 1. The normalized spacial score (nSPS) is 12.1. The summed E-state index contributed by atoms with van der Waals surface area (Å²) in [6.07, 6.45) is -4.70. The van der Waals surface area contributed by atoms with Crippen LogP contribution in [0.1, 0.15) is 27.2 Å². The van der Waals surface area contributed by atoms with Crippen molar-refractivity contribution in [2.75, 3.05) is 0 Å². The summed E-state index contributed by atoms with van der Waals surface area (Å²) >= 11 is 0. The fourth-order valence-corrected chi connectivity index (χ4v) is 4.10. The number of nitro groups is 1. The second-order valence-electron chi connectivity index (χ2n) is 8.59. The van der Waals surface area contributed by atoms with Crippen molar-refractivity contribution in [3.63, 3.8) is 0 Å². The van der Waals surface area contributed by atoms with E-state index in [0.717, 1.165) is 23.1 Å². The van der Waals surface area contributed by atoms with E-state index in [1.807, 2.05) is 0 Å². The molecule has 1 atom stereocenters. The molecular weight excluding hydrogens is 517 g/mol. The van der Waals surface area contributed by atoms with Crippen LogP contribution in [-0.4, -0.2) is 32.8 Å². The molecule has 0 saturated carbocycles. The van der Waals surface area contributed by atoms with Crippen LogP contribution >= 0.6 is 0 Å². The monoisotopic (exact) mass is 538 g/mol. The number of carboxylic acid groups (broad SMARTS) is 1. The number of hydrogen-bond acceptors (Lipinski definition) is 5. The smallest absolute Gasteiger partial charge is 0.417 e. The first-order valence-electron chi connectivity index (χ1n) is 11.6. The van der Waals surface area contributed by atoms with E-state index in [0.29, 0.717) is 5.56 Å². The molecule has 8 nitrogen and oxygen atoms in total. The number of carbonyl (C=O) groups excluding carboxylic acids is 1. The Bertz CT molecular complexity index is 1480. The topological polar surface area (TPSA) is 114 Å². The number of nitrogens with zero attached hydrogens (tertiary/aromatic N) is 2. The van der Waals surface area contributed by atoms with Crippen LogP contribution in [0.2, 0.25) is 0 Å². The van der Waals surface area contributed by atoms with Crippen LogP contribution in [0.3, 0.4) is 0 Å². The summed E-state index contributed by atoms with van der Waals surface area (Å²) in [5.74, 6) is -2.11. The van der Waals surface area contributed by atoms with Crippen molar-refractivity contribution >= 4 is 17.6 Å². The molecule has 0 saturated heterocycles. The standard InChI is InChI=1S/C28H21F3N2O6/c29-28(30,31)23-9-5-4-8-22(23)25-15-14-21(39-25)17-32(24(27(35)36)16-18-6-2-1-3-7-18)26(34)19-10-12-20(13-11-19)33(37)38/h1-15,24H,16-17H2,(H,35,36). The Morgan fingerprint density at radius 2 is 1.56 bits per heavy atom. The molecule has 0 fully saturated rings. The average Bonchev–Trinajstić information content (AvgIpc) is 3.39. The maximum atomic E-state index is 13.5. The van der Waals surface area contributed by atoms with E-state index in [1.165, 1.54) is 42.5 Å². The van der Waals surface area contributed by atoms with Gasteiger partial charge in [0.15, 0.2) is 0 Å². The highest BCUT2D eigenvalue weighted by molar-refractivity contribution is 5.96. The third-order valence-corrected chi connectivity index (χ3v) is 6.00. The second-order valence-corrected chi connectivity index (χ2v) is 8.59. The fraction of sp³-hybridized carbons (Fsp3) is 0.143. The van der Waals surface area contributed by atoms with E-state index in [4.69, 9.17) is 4.42 Å². The van der Waals surface area contributed by atoms with Gasteiger partial charge in [-0.15, -0.1) is 0 Å². The molecule has 11 heteroatoms. The molecule has 200 valence electrons. The van der Waals surface area contributed by atoms with E-state index in [2.05, 4.69) is 0 Å². The number of halogens is 3. The van der Waals surface area contributed by atoms with Crippen LogP contribution in [0.5, 0.6) is 0 Å². The van der Waals surface area contributed by atoms with Crippen molar-refractivity contribution in [1.82, 2.24) is 4.90 Å². The predicted octanol–water partition coefficient (Wildman–Crippen LogP) is 6.21. The van der Waals surface area contributed by atoms with Crippen molar-refractivity contribution in [3.05, 3.63) is 124 Å². The molecule has 1 N–H and O–H groups in total. The summed E-state index contributed by atoms with van der Waals surface area (Å²) in [7, 11) is 0. The molecule has 4 aromatic rings. The van der Waals surface area contributed by atoms with Gasteiger partial charge in [-0.05, 0) is 35.9 Å². The maximum Gasteiger partial charge on any atom is 0.417 e. The number of furan rings is 1. The van der Waals surface area contributed by atoms with Gasteiger partial charge in [0, 0.05) is 29.7 Å². The predicted molar refractivity (Wildman–Crippen MR) is 134 cm³/mol. The number of aliphatic carboxylic acids is 1. The number of alkyl halides is 3. The molecule has 0 radical (unpaired) electrons. The van der Waals surface area contributed by atoms with Gasteiger partial charge in [0.1, 0.15) is 17.6 Å². The minimum absolute atomic E-state index is 0.00546. The van der Waals surface area contributed by atoms with Crippen LogP contribution in [0.25, 0.3) is 11.3 Å².